The standard InChI is InChI=1S/C17H12ClF2N5O3/c1-8-2-12(18)15(25(27)28)6-13(8)21-17(26)22-16-7-14(23-24-16)9-3-10(19)5-11(20)4-9/h2-7H,1H3,(H3,21,22,23,24,26). The zero-order valence-electron chi connectivity index (χ0n) is 14.2. The molecule has 3 aromatic rings. The van der Waals surface area contributed by atoms with Crippen LogP contribution in [0.25, 0.3) is 11.3 Å². The summed E-state index contributed by atoms with van der Waals surface area (Å²) in [5.74, 6) is -1.42. The monoisotopic (exact) mass is 407 g/mol. The molecule has 3 N–H and O–H groups in total. The molecule has 0 saturated carbocycles. The Labute approximate surface area is 161 Å². The summed E-state index contributed by atoms with van der Waals surface area (Å²) in [4.78, 5) is 22.5. The summed E-state index contributed by atoms with van der Waals surface area (Å²) < 4.78 is 26.6. The van der Waals surface area contributed by atoms with E-state index in [1.807, 2.05) is 0 Å². The van der Waals surface area contributed by atoms with Gasteiger partial charge in [-0.05, 0) is 30.7 Å². The molecule has 2 amide bonds. The normalized spacial score (nSPS) is 10.6. The van der Waals surface area contributed by atoms with Gasteiger partial charge in [0.1, 0.15) is 16.7 Å². The van der Waals surface area contributed by atoms with E-state index in [1.165, 1.54) is 12.1 Å². The largest absolute Gasteiger partial charge is 0.324 e. The van der Waals surface area contributed by atoms with Gasteiger partial charge in [0.05, 0.1) is 16.3 Å². The summed E-state index contributed by atoms with van der Waals surface area (Å²) in [6.07, 6.45) is 0. The Balaban J connectivity index is 1.75. The topological polar surface area (TPSA) is 113 Å². The first-order chi connectivity index (χ1) is 13.2. The van der Waals surface area contributed by atoms with Gasteiger partial charge in [-0.15, -0.1) is 0 Å². The number of aromatic nitrogens is 2. The second-order valence-corrected chi connectivity index (χ2v) is 6.19. The number of urea groups is 1. The highest BCUT2D eigenvalue weighted by molar-refractivity contribution is 6.32. The van der Waals surface area contributed by atoms with Crippen LogP contribution in [0, 0.1) is 28.7 Å². The van der Waals surface area contributed by atoms with E-state index in [1.54, 1.807) is 6.92 Å². The third-order valence-electron chi connectivity index (χ3n) is 3.73. The number of carbonyl (C=O) groups is 1. The van der Waals surface area contributed by atoms with Crippen LogP contribution in [0.2, 0.25) is 5.02 Å². The van der Waals surface area contributed by atoms with Crippen LogP contribution in [-0.2, 0) is 0 Å². The predicted octanol–water partition coefficient (Wildman–Crippen LogP) is 4.87. The van der Waals surface area contributed by atoms with E-state index in [0.29, 0.717) is 5.56 Å². The molecule has 0 unspecified atom stereocenters. The molecule has 0 saturated heterocycles. The summed E-state index contributed by atoms with van der Waals surface area (Å²) in [7, 11) is 0. The van der Waals surface area contributed by atoms with Crippen LogP contribution in [0.1, 0.15) is 5.56 Å². The van der Waals surface area contributed by atoms with Crippen LogP contribution in [0.3, 0.4) is 0 Å². The summed E-state index contributed by atoms with van der Waals surface area (Å²) in [5.41, 5.74) is 0.854. The average Bonchev–Trinajstić information content (AvgIpc) is 3.04. The number of nitrogens with zero attached hydrogens (tertiary/aromatic N) is 2. The highest BCUT2D eigenvalue weighted by Gasteiger charge is 2.17. The number of nitrogens with one attached hydrogen (secondary N) is 3. The maximum absolute atomic E-state index is 13.3. The molecule has 0 fully saturated rings. The van der Waals surface area contributed by atoms with E-state index < -0.39 is 22.6 Å². The van der Waals surface area contributed by atoms with E-state index in [4.69, 9.17) is 11.6 Å². The molecule has 1 heterocycles. The second-order valence-electron chi connectivity index (χ2n) is 5.78. The minimum absolute atomic E-state index is 0.0484. The number of hydrogen-bond acceptors (Lipinski definition) is 4. The third kappa shape index (κ3) is 4.23. The van der Waals surface area contributed by atoms with Crippen molar-refractivity contribution in [3.05, 3.63) is 68.7 Å². The molecule has 1 aromatic heterocycles. The Bertz CT molecular complexity index is 1070. The van der Waals surface area contributed by atoms with Crippen molar-refractivity contribution in [2.24, 2.45) is 0 Å². The zero-order valence-corrected chi connectivity index (χ0v) is 15.0. The maximum atomic E-state index is 13.3. The molecule has 8 nitrogen and oxygen atoms in total. The number of nitro groups is 1. The van der Waals surface area contributed by atoms with Gasteiger partial charge in [-0.25, -0.2) is 13.6 Å². The van der Waals surface area contributed by atoms with Gasteiger partial charge in [0.15, 0.2) is 5.82 Å². The maximum Gasteiger partial charge on any atom is 0.324 e. The minimum Gasteiger partial charge on any atom is -0.307 e. The van der Waals surface area contributed by atoms with E-state index in [9.17, 15) is 23.7 Å². The predicted molar refractivity (Wildman–Crippen MR) is 99.4 cm³/mol. The fourth-order valence-electron chi connectivity index (χ4n) is 2.45. The first kappa shape index (κ1) is 19.2. The number of amides is 2. The summed E-state index contributed by atoms with van der Waals surface area (Å²) >= 11 is 5.81. The van der Waals surface area contributed by atoms with Crippen LogP contribution >= 0.6 is 11.6 Å². The van der Waals surface area contributed by atoms with Gasteiger partial charge in [0, 0.05) is 23.8 Å². The van der Waals surface area contributed by atoms with E-state index in [2.05, 4.69) is 20.8 Å². The van der Waals surface area contributed by atoms with Crippen LogP contribution in [0.4, 0.5) is 30.8 Å². The SMILES string of the molecule is Cc1cc(Cl)c([N+](=O)[O-])cc1NC(=O)Nc1cc(-c2cc(F)cc(F)c2)[nH]n1. The highest BCUT2D eigenvalue weighted by atomic mass is 35.5. The number of carbonyl (C=O) groups excluding carboxylic acids is 1. The molecule has 0 atom stereocenters. The number of aryl methyl sites for hydroxylation is 1. The van der Waals surface area contributed by atoms with Crippen molar-refractivity contribution < 1.29 is 18.5 Å². The van der Waals surface area contributed by atoms with Gasteiger partial charge in [0.2, 0.25) is 0 Å². The smallest absolute Gasteiger partial charge is 0.307 e. The lowest BCUT2D eigenvalue weighted by molar-refractivity contribution is -0.384. The summed E-state index contributed by atoms with van der Waals surface area (Å²) in [6.45, 7) is 1.62. The minimum atomic E-state index is -0.753. The number of halogens is 3. The molecule has 0 aliphatic carbocycles. The van der Waals surface area contributed by atoms with Crippen molar-refractivity contribution >= 4 is 34.8 Å². The Morgan fingerprint density at radius 1 is 1.14 bits per heavy atom. The quantitative estimate of drug-likeness (QED) is 0.423. The fraction of sp³-hybridized carbons (Fsp3) is 0.0588. The van der Waals surface area contributed by atoms with Gasteiger partial charge >= 0.3 is 6.03 Å². The number of H-pyrrole nitrogens is 1. The van der Waals surface area contributed by atoms with Gasteiger partial charge in [-0.3, -0.25) is 20.5 Å². The van der Waals surface area contributed by atoms with Crippen molar-refractivity contribution in [2.75, 3.05) is 10.6 Å². The first-order valence-corrected chi connectivity index (χ1v) is 8.15. The zero-order chi connectivity index (χ0) is 20.4. The third-order valence-corrected chi connectivity index (χ3v) is 4.03. The van der Waals surface area contributed by atoms with Gasteiger partial charge in [-0.2, -0.15) is 5.10 Å². The van der Waals surface area contributed by atoms with Crippen LogP contribution in [0.5, 0.6) is 0 Å². The lowest BCUT2D eigenvalue weighted by Gasteiger charge is -2.09. The Kier molecular flexibility index (Phi) is 5.23. The van der Waals surface area contributed by atoms with Crippen molar-refractivity contribution in [1.82, 2.24) is 10.2 Å². The number of hydrogen-bond donors (Lipinski definition) is 3. The van der Waals surface area contributed by atoms with Crippen molar-refractivity contribution in [3.8, 4) is 11.3 Å². The summed E-state index contributed by atoms with van der Waals surface area (Å²) in [5, 5.41) is 22.2. The van der Waals surface area contributed by atoms with Crippen LogP contribution in [0.15, 0.2) is 36.4 Å². The number of nitro benzene ring substituents is 1. The fourth-order valence-corrected chi connectivity index (χ4v) is 2.74. The number of benzene rings is 2. The number of rotatable bonds is 4. The molecule has 0 bridgehead atoms. The van der Waals surface area contributed by atoms with E-state index in [0.717, 1.165) is 24.3 Å². The molecule has 0 aliphatic heterocycles. The highest BCUT2D eigenvalue weighted by Crippen LogP contribution is 2.30. The molecule has 144 valence electrons. The van der Waals surface area contributed by atoms with Crippen molar-refractivity contribution in [2.45, 2.75) is 6.92 Å². The van der Waals surface area contributed by atoms with Crippen molar-refractivity contribution in [3.63, 3.8) is 0 Å². The molecular formula is C17H12ClF2N5O3. The average molecular weight is 408 g/mol. The van der Waals surface area contributed by atoms with Gasteiger partial charge in [-0.1, -0.05) is 11.6 Å². The molecule has 0 spiro atoms. The molecule has 11 heteroatoms. The molecule has 28 heavy (non-hydrogen) atoms. The lowest BCUT2D eigenvalue weighted by atomic mass is 10.1. The Morgan fingerprint density at radius 2 is 1.82 bits per heavy atom. The van der Waals surface area contributed by atoms with E-state index >= 15 is 0 Å². The van der Waals surface area contributed by atoms with Crippen molar-refractivity contribution in [1.29, 1.82) is 0 Å². The molecule has 2 aromatic carbocycles. The van der Waals surface area contributed by atoms with Crippen LogP contribution in [-0.4, -0.2) is 21.2 Å². The van der Waals surface area contributed by atoms with Crippen LogP contribution < -0.4 is 10.6 Å². The lowest BCUT2D eigenvalue weighted by Crippen LogP contribution is -2.20. The Morgan fingerprint density at radius 3 is 2.46 bits per heavy atom. The first-order valence-electron chi connectivity index (χ1n) is 7.77. The van der Waals surface area contributed by atoms with Gasteiger partial charge in [0.25, 0.3) is 5.69 Å². The molecular weight excluding hydrogens is 396 g/mol. The molecule has 3 rings (SSSR count). The molecule has 0 radical (unpaired) electrons. The second kappa shape index (κ2) is 7.61. The number of anilines is 2. The van der Waals surface area contributed by atoms with Gasteiger partial charge < -0.3 is 5.32 Å². The Hall–Kier alpha value is -3.53. The summed E-state index contributed by atoms with van der Waals surface area (Å²) in [6, 6.07) is 6.12. The van der Waals surface area contributed by atoms with E-state index in [-0.39, 0.29) is 33.5 Å². The number of aromatic amines is 1. The molecule has 0 aliphatic rings.